The van der Waals surface area contributed by atoms with Crippen LogP contribution in [0.5, 0.6) is 11.5 Å². The molecule has 9 heteroatoms. The predicted molar refractivity (Wildman–Crippen MR) is 107 cm³/mol. The molecular formula is C20H18ClN3O5. The molecule has 1 atom stereocenters. The third kappa shape index (κ3) is 6.52. The average Bonchev–Trinajstić information content (AvgIpc) is 2.72. The van der Waals surface area contributed by atoms with Crippen molar-refractivity contribution in [1.82, 2.24) is 4.98 Å². The number of anilines is 1. The summed E-state index contributed by atoms with van der Waals surface area (Å²) in [7, 11) is 1.46. The summed E-state index contributed by atoms with van der Waals surface area (Å²) in [4.78, 5) is 28.0. The quantitative estimate of drug-likeness (QED) is 0.400. The van der Waals surface area contributed by atoms with Gasteiger partial charge in [0.05, 0.1) is 12.8 Å². The highest BCUT2D eigenvalue weighted by Gasteiger charge is 2.18. The highest BCUT2D eigenvalue weighted by atomic mass is 35.5. The molecular weight excluding hydrogens is 398 g/mol. The third-order valence-electron chi connectivity index (χ3n) is 3.57. The molecule has 0 fully saturated rings. The van der Waals surface area contributed by atoms with Gasteiger partial charge >= 0.3 is 5.97 Å². The van der Waals surface area contributed by atoms with Gasteiger partial charge in [0.2, 0.25) is 0 Å². The van der Waals surface area contributed by atoms with E-state index in [1.165, 1.54) is 32.4 Å². The van der Waals surface area contributed by atoms with E-state index in [1.54, 1.807) is 30.3 Å². The lowest BCUT2D eigenvalue weighted by Crippen LogP contribution is -2.29. The van der Waals surface area contributed by atoms with Crippen molar-refractivity contribution in [2.45, 2.75) is 13.0 Å². The Morgan fingerprint density at radius 3 is 2.83 bits per heavy atom. The lowest BCUT2D eigenvalue weighted by atomic mass is 10.2. The number of halogens is 1. The van der Waals surface area contributed by atoms with Crippen LogP contribution in [0.3, 0.4) is 0 Å². The fourth-order valence-corrected chi connectivity index (χ4v) is 2.33. The molecule has 1 amide bonds. The number of esters is 1. The number of nitrogens with zero attached hydrogens (tertiary/aromatic N) is 2. The van der Waals surface area contributed by atoms with E-state index < -0.39 is 18.0 Å². The maximum Gasteiger partial charge on any atom is 0.331 e. The van der Waals surface area contributed by atoms with Crippen molar-refractivity contribution < 1.29 is 23.8 Å². The Morgan fingerprint density at radius 2 is 2.14 bits per heavy atom. The number of carbonyl (C=O) groups is 2. The minimum Gasteiger partial charge on any atom is -0.493 e. The number of hydrogen-bond donors (Lipinski definition) is 1. The molecule has 0 saturated carbocycles. The average molecular weight is 416 g/mol. The number of hydrogen-bond acceptors (Lipinski definition) is 7. The molecule has 0 aliphatic rings. The van der Waals surface area contributed by atoms with Gasteiger partial charge in [-0.2, -0.15) is 5.26 Å². The molecule has 2 rings (SSSR count). The van der Waals surface area contributed by atoms with Crippen molar-refractivity contribution in [2.24, 2.45) is 0 Å². The van der Waals surface area contributed by atoms with Crippen molar-refractivity contribution in [2.75, 3.05) is 19.0 Å². The number of ether oxygens (including phenoxy) is 3. The number of nitriles is 1. The highest BCUT2D eigenvalue weighted by Crippen LogP contribution is 2.28. The normalized spacial score (nSPS) is 11.4. The Kier molecular flexibility index (Phi) is 8.00. The Labute approximate surface area is 172 Å². The van der Waals surface area contributed by atoms with Crippen molar-refractivity contribution in [1.29, 1.82) is 5.26 Å². The van der Waals surface area contributed by atoms with Crippen LogP contribution in [0.25, 0.3) is 6.08 Å². The molecule has 1 unspecified atom stereocenters. The van der Waals surface area contributed by atoms with Crippen molar-refractivity contribution >= 4 is 35.2 Å². The standard InChI is InChI=1S/C20H18ClN3O5/c1-13(20(26)24-15-4-3-10-23-19(15)21)29-18(25)8-6-14-5-7-16(28-11-9-22)17(12-14)27-2/h3-8,10,12-13H,11H2,1-2H3,(H,24,26)/b8-6+. The van der Waals surface area contributed by atoms with E-state index >= 15 is 0 Å². The summed E-state index contributed by atoms with van der Waals surface area (Å²) in [5, 5.41) is 11.3. The molecule has 0 aliphatic carbocycles. The van der Waals surface area contributed by atoms with Gasteiger partial charge in [-0.3, -0.25) is 4.79 Å². The first-order valence-corrected chi connectivity index (χ1v) is 8.80. The van der Waals surface area contributed by atoms with E-state index in [1.807, 2.05) is 6.07 Å². The molecule has 29 heavy (non-hydrogen) atoms. The molecule has 0 radical (unpaired) electrons. The molecule has 0 aliphatic heterocycles. The first-order chi connectivity index (χ1) is 13.9. The fourth-order valence-electron chi connectivity index (χ4n) is 2.16. The first-order valence-electron chi connectivity index (χ1n) is 8.42. The van der Waals surface area contributed by atoms with Gasteiger partial charge in [-0.05, 0) is 42.8 Å². The largest absolute Gasteiger partial charge is 0.493 e. The van der Waals surface area contributed by atoms with Crippen LogP contribution in [-0.4, -0.2) is 36.7 Å². The first kappa shape index (κ1) is 21.7. The van der Waals surface area contributed by atoms with Gasteiger partial charge in [-0.25, -0.2) is 9.78 Å². The second-order valence-electron chi connectivity index (χ2n) is 5.60. The van der Waals surface area contributed by atoms with Gasteiger partial charge in [0.15, 0.2) is 29.4 Å². The summed E-state index contributed by atoms with van der Waals surface area (Å²) in [6, 6.07) is 10.0. The fraction of sp³-hybridized carbons (Fsp3) is 0.200. The lowest BCUT2D eigenvalue weighted by Gasteiger charge is -2.12. The summed E-state index contributed by atoms with van der Waals surface area (Å²) >= 11 is 5.88. The van der Waals surface area contributed by atoms with E-state index in [-0.39, 0.29) is 11.8 Å². The Bertz CT molecular complexity index is 955. The van der Waals surface area contributed by atoms with E-state index in [4.69, 9.17) is 31.1 Å². The van der Waals surface area contributed by atoms with Crippen LogP contribution < -0.4 is 14.8 Å². The molecule has 2 aromatic rings. The predicted octanol–water partition coefficient (Wildman–Crippen LogP) is 3.23. The van der Waals surface area contributed by atoms with Gasteiger partial charge in [-0.1, -0.05) is 17.7 Å². The number of carbonyl (C=O) groups excluding carboxylic acids is 2. The van der Waals surface area contributed by atoms with Crippen LogP contribution in [0, 0.1) is 11.3 Å². The second kappa shape index (κ2) is 10.7. The Balaban J connectivity index is 1.95. The lowest BCUT2D eigenvalue weighted by molar-refractivity contribution is -0.148. The maximum atomic E-state index is 12.1. The molecule has 1 N–H and O–H groups in total. The van der Waals surface area contributed by atoms with Gasteiger partial charge in [0.25, 0.3) is 5.91 Å². The van der Waals surface area contributed by atoms with Gasteiger partial charge < -0.3 is 19.5 Å². The zero-order valence-corrected chi connectivity index (χ0v) is 16.5. The maximum absolute atomic E-state index is 12.1. The van der Waals surface area contributed by atoms with Gasteiger partial charge in [0.1, 0.15) is 6.07 Å². The summed E-state index contributed by atoms with van der Waals surface area (Å²) < 4.78 is 15.5. The smallest absolute Gasteiger partial charge is 0.331 e. The summed E-state index contributed by atoms with van der Waals surface area (Å²) in [6.45, 7) is 1.33. The second-order valence-corrected chi connectivity index (χ2v) is 5.96. The molecule has 1 heterocycles. The summed E-state index contributed by atoms with van der Waals surface area (Å²) in [5.41, 5.74) is 0.964. The van der Waals surface area contributed by atoms with Crippen LogP contribution in [0.1, 0.15) is 12.5 Å². The molecule has 8 nitrogen and oxygen atoms in total. The minimum absolute atomic E-state index is 0.109. The Morgan fingerprint density at radius 1 is 1.34 bits per heavy atom. The van der Waals surface area contributed by atoms with Crippen LogP contribution >= 0.6 is 11.6 Å². The van der Waals surface area contributed by atoms with E-state index in [0.717, 1.165) is 0 Å². The van der Waals surface area contributed by atoms with Crippen molar-refractivity contribution in [3.05, 3.63) is 53.3 Å². The third-order valence-corrected chi connectivity index (χ3v) is 3.87. The highest BCUT2D eigenvalue weighted by molar-refractivity contribution is 6.32. The van der Waals surface area contributed by atoms with Crippen LogP contribution in [0.4, 0.5) is 5.69 Å². The van der Waals surface area contributed by atoms with Crippen LogP contribution in [0.15, 0.2) is 42.6 Å². The molecule has 0 bridgehead atoms. The van der Waals surface area contributed by atoms with Crippen molar-refractivity contribution in [3.63, 3.8) is 0 Å². The van der Waals surface area contributed by atoms with Crippen LogP contribution in [0.2, 0.25) is 5.15 Å². The number of aromatic nitrogens is 1. The zero-order valence-electron chi connectivity index (χ0n) is 15.7. The molecule has 0 saturated heterocycles. The SMILES string of the molecule is COc1cc(/C=C/C(=O)OC(C)C(=O)Nc2cccnc2Cl)ccc1OCC#N. The zero-order chi connectivity index (χ0) is 21.2. The number of nitrogens with one attached hydrogen (secondary N) is 1. The summed E-state index contributed by atoms with van der Waals surface area (Å²) in [5.74, 6) is -0.416. The number of amides is 1. The van der Waals surface area contributed by atoms with E-state index in [2.05, 4.69) is 10.3 Å². The molecule has 150 valence electrons. The monoisotopic (exact) mass is 415 g/mol. The molecule has 1 aromatic carbocycles. The number of pyridine rings is 1. The summed E-state index contributed by atoms with van der Waals surface area (Å²) in [6.07, 6.45) is 3.14. The van der Waals surface area contributed by atoms with Gasteiger partial charge in [-0.15, -0.1) is 0 Å². The van der Waals surface area contributed by atoms with E-state index in [0.29, 0.717) is 22.7 Å². The topological polar surface area (TPSA) is 111 Å². The van der Waals surface area contributed by atoms with E-state index in [9.17, 15) is 9.59 Å². The van der Waals surface area contributed by atoms with Gasteiger partial charge in [0, 0.05) is 12.3 Å². The Hall–Kier alpha value is -3.57. The number of methoxy groups -OCH3 is 1. The van der Waals surface area contributed by atoms with Crippen LogP contribution in [-0.2, 0) is 14.3 Å². The van der Waals surface area contributed by atoms with Crippen molar-refractivity contribution in [3.8, 4) is 17.6 Å². The number of benzene rings is 1. The molecule has 0 spiro atoms. The molecule has 1 aromatic heterocycles. The number of rotatable bonds is 8. The minimum atomic E-state index is -1.04.